The fourth-order valence-corrected chi connectivity index (χ4v) is 3.42. The Morgan fingerprint density at radius 2 is 2.17 bits per heavy atom. The van der Waals surface area contributed by atoms with Gasteiger partial charge in [-0.3, -0.25) is 4.90 Å². The summed E-state index contributed by atoms with van der Waals surface area (Å²) in [5.74, 6) is 1.70. The van der Waals surface area contributed by atoms with Crippen LogP contribution in [0.3, 0.4) is 0 Å². The van der Waals surface area contributed by atoms with Gasteiger partial charge in [0.05, 0.1) is 26.4 Å². The molecule has 2 unspecified atom stereocenters. The number of methoxy groups -OCH3 is 1. The summed E-state index contributed by atoms with van der Waals surface area (Å²) >= 11 is 0. The van der Waals surface area contributed by atoms with Gasteiger partial charge in [-0.15, -0.1) is 0 Å². The molecule has 0 radical (unpaired) electrons. The smallest absolute Gasteiger partial charge is 0.191 e. The molecule has 7 heteroatoms. The monoisotopic (exact) mass is 406 g/mol. The van der Waals surface area contributed by atoms with Crippen LogP contribution in [0.25, 0.3) is 0 Å². The highest BCUT2D eigenvalue weighted by Crippen LogP contribution is 2.21. The van der Waals surface area contributed by atoms with Gasteiger partial charge in [-0.25, -0.2) is 4.99 Å². The molecule has 1 aliphatic rings. The maximum Gasteiger partial charge on any atom is 0.191 e. The van der Waals surface area contributed by atoms with Gasteiger partial charge in [0.1, 0.15) is 12.4 Å². The van der Waals surface area contributed by atoms with E-state index < -0.39 is 0 Å². The fourth-order valence-electron chi connectivity index (χ4n) is 3.42. The summed E-state index contributed by atoms with van der Waals surface area (Å²) in [6.07, 6.45) is 0. The topological polar surface area (TPSA) is 67.4 Å². The molecule has 2 atom stereocenters. The number of rotatable bonds is 10. The van der Waals surface area contributed by atoms with E-state index in [2.05, 4.69) is 61.4 Å². The summed E-state index contributed by atoms with van der Waals surface area (Å²) in [5.41, 5.74) is 2.24. The van der Waals surface area contributed by atoms with Crippen molar-refractivity contribution in [3.63, 3.8) is 0 Å². The minimum absolute atomic E-state index is 0.407. The number of aryl methyl sites for hydroxylation is 1. The molecule has 164 valence electrons. The molecule has 1 aliphatic heterocycles. The number of morpholine rings is 1. The molecule has 0 aromatic heterocycles. The van der Waals surface area contributed by atoms with E-state index in [1.807, 2.05) is 0 Å². The van der Waals surface area contributed by atoms with Crippen molar-refractivity contribution in [1.82, 2.24) is 15.5 Å². The Kier molecular flexibility index (Phi) is 10.2. The fraction of sp³-hybridized carbons (Fsp3) is 0.682. The average Bonchev–Trinajstić information content (AvgIpc) is 2.71. The van der Waals surface area contributed by atoms with E-state index in [0.29, 0.717) is 31.8 Å². The van der Waals surface area contributed by atoms with Crippen molar-refractivity contribution in [3.8, 4) is 5.75 Å². The third kappa shape index (κ3) is 7.84. The molecule has 1 fully saturated rings. The van der Waals surface area contributed by atoms with E-state index in [4.69, 9.17) is 19.2 Å². The van der Waals surface area contributed by atoms with Gasteiger partial charge in [0.2, 0.25) is 0 Å². The summed E-state index contributed by atoms with van der Waals surface area (Å²) in [4.78, 5) is 7.27. The zero-order valence-electron chi connectivity index (χ0n) is 18.7. The van der Waals surface area contributed by atoms with E-state index in [1.54, 1.807) is 7.11 Å². The first-order valence-corrected chi connectivity index (χ1v) is 10.6. The maximum atomic E-state index is 5.89. The summed E-state index contributed by atoms with van der Waals surface area (Å²) in [6.45, 7) is 14.5. The first-order chi connectivity index (χ1) is 14.0. The van der Waals surface area contributed by atoms with Crippen LogP contribution in [-0.4, -0.2) is 76.1 Å². The molecule has 0 bridgehead atoms. The molecule has 29 heavy (non-hydrogen) atoms. The lowest BCUT2D eigenvalue weighted by Crippen LogP contribution is -2.53. The number of aliphatic imine (C=N–C) groups is 1. The van der Waals surface area contributed by atoms with Crippen LogP contribution in [-0.2, 0) is 16.0 Å². The van der Waals surface area contributed by atoms with Gasteiger partial charge in [-0.05, 0) is 39.3 Å². The quantitative estimate of drug-likeness (QED) is 0.353. The predicted molar refractivity (Wildman–Crippen MR) is 118 cm³/mol. The average molecular weight is 407 g/mol. The molecule has 7 nitrogen and oxygen atoms in total. The SMILES string of the molecule is CCNC(=NCc1ccc(C)cc1OCCOC)NCC(C)N1CCOCC1C. The second-order valence-corrected chi connectivity index (χ2v) is 7.54. The molecule has 0 amide bonds. The molecule has 0 aliphatic carbocycles. The predicted octanol–water partition coefficient (Wildman–Crippen LogP) is 2.18. The van der Waals surface area contributed by atoms with Gasteiger partial charge in [-0.1, -0.05) is 12.1 Å². The van der Waals surface area contributed by atoms with Gasteiger partial charge < -0.3 is 24.8 Å². The van der Waals surface area contributed by atoms with Gasteiger partial charge in [0, 0.05) is 44.4 Å². The van der Waals surface area contributed by atoms with Crippen molar-refractivity contribution in [2.75, 3.05) is 53.2 Å². The highest BCUT2D eigenvalue weighted by molar-refractivity contribution is 5.79. The second-order valence-electron chi connectivity index (χ2n) is 7.54. The third-order valence-corrected chi connectivity index (χ3v) is 5.07. The summed E-state index contributed by atoms with van der Waals surface area (Å²) < 4.78 is 16.5. The van der Waals surface area contributed by atoms with E-state index in [1.165, 1.54) is 5.56 Å². The number of nitrogens with zero attached hydrogens (tertiary/aromatic N) is 2. The minimum Gasteiger partial charge on any atom is -0.491 e. The Morgan fingerprint density at radius 3 is 2.90 bits per heavy atom. The van der Waals surface area contributed by atoms with Crippen LogP contribution in [0, 0.1) is 6.92 Å². The lowest BCUT2D eigenvalue weighted by molar-refractivity contribution is -0.0174. The largest absolute Gasteiger partial charge is 0.491 e. The Labute approximate surface area is 175 Å². The molecule has 0 spiro atoms. The number of nitrogens with one attached hydrogen (secondary N) is 2. The van der Waals surface area contributed by atoms with Crippen LogP contribution in [0.1, 0.15) is 31.9 Å². The molecule has 2 rings (SSSR count). The third-order valence-electron chi connectivity index (χ3n) is 5.07. The van der Waals surface area contributed by atoms with Gasteiger partial charge in [0.15, 0.2) is 5.96 Å². The van der Waals surface area contributed by atoms with Crippen molar-refractivity contribution in [2.45, 2.75) is 46.3 Å². The molecule has 1 heterocycles. The molecule has 0 saturated carbocycles. The van der Waals surface area contributed by atoms with Gasteiger partial charge in [0.25, 0.3) is 0 Å². The lowest BCUT2D eigenvalue weighted by atomic mass is 10.1. The first-order valence-electron chi connectivity index (χ1n) is 10.6. The lowest BCUT2D eigenvalue weighted by Gasteiger charge is -2.38. The summed E-state index contributed by atoms with van der Waals surface area (Å²) in [7, 11) is 1.68. The van der Waals surface area contributed by atoms with Crippen LogP contribution in [0.15, 0.2) is 23.2 Å². The van der Waals surface area contributed by atoms with Crippen molar-refractivity contribution in [2.24, 2.45) is 4.99 Å². The highest BCUT2D eigenvalue weighted by Gasteiger charge is 2.23. The Bertz CT molecular complexity index is 638. The van der Waals surface area contributed by atoms with Gasteiger partial charge >= 0.3 is 0 Å². The van der Waals surface area contributed by atoms with E-state index in [0.717, 1.165) is 50.1 Å². The molecular weight excluding hydrogens is 368 g/mol. The van der Waals surface area contributed by atoms with Crippen molar-refractivity contribution < 1.29 is 14.2 Å². The number of benzene rings is 1. The van der Waals surface area contributed by atoms with Crippen LogP contribution in [0.5, 0.6) is 5.75 Å². The molecule has 1 aromatic carbocycles. The van der Waals surface area contributed by atoms with Crippen LogP contribution < -0.4 is 15.4 Å². The van der Waals surface area contributed by atoms with E-state index >= 15 is 0 Å². The van der Waals surface area contributed by atoms with E-state index in [-0.39, 0.29) is 0 Å². The Morgan fingerprint density at radius 1 is 1.34 bits per heavy atom. The zero-order chi connectivity index (χ0) is 21.1. The zero-order valence-corrected chi connectivity index (χ0v) is 18.7. The van der Waals surface area contributed by atoms with Crippen molar-refractivity contribution >= 4 is 5.96 Å². The van der Waals surface area contributed by atoms with E-state index in [9.17, 15) is 0 Å². The molecule has 2 N–H and O–H groups in total. The van der Waals surface area contributed by atoms with Crippen molar-refractivity contribution in [1.29, 1.82) is 0 Å². The number of hydrogen-bond acceptors (Lipinski definition) is 5. The Balaban J connectivity index is 1.97. The Hall–Kier alpha value is -1.83. The second kappa shape index (κ2) is 12.7. The van der Waals surface area contributed by atoms with Crippen LogP contribution in [0.2, 0.25) is 0 Å². The standard InChI is InChI=1S/C22H38N4O3/c1-6-23-22(24-14-18(3)26-9-10-28-16-19(26)4)25-15-20-8-7-17(2)13-21(20)29-12-11-27-5/h7-8,13,18-19H,6,9-12,14-16H2,1-5H3,(H2,23,24,25). The van der Waals surface area contributed by atoms with Crippen LogP contribution in [0.4, 0.5) is 0 Å². The first kappa shape index (κ1) is 23.4. The summed E-state index contributed by atoms with van der Waals surface area (Å²) in [5, 5.41) is 6.83. The van der Waals surface area contributed by atoms with Crippen molar-refractivity contribution in [3.05, 3.63) is 29.3 Å². The van der Waals surface area contributed by atoms with Gasteiger partial charge in [-0.2, -0.15) is 0 Å². The molecule has 1 saturated heterocycles. The number of guanidine groups is 1. The highest BCUT2D eigenvalue weighted by atomic mass is 16.5. The number of ether oxygens (including phenoxy) is 3. The van der Waals surface area contributed by atoms with Crippen LogP contribution >= 0.6 is 0 Å². The maximum absolute atomic E-state index is 5.89. The molecular formula is C22H38N4O3. The normalized spacial score (nSPS) is 19.1. The molecule has 1 aromatic rings. The summed E-state index contributed by atoms with van der Waals surface area (Å²) in [6, 6.07) is 7.09. The number of hydrogen-bond donors (Lipinski definition) is 2. The minimum atomic E-state index is 0.407.